The Balaban J connectivity index is 1.45. The topological polar surface area (TPSA) is 133 Å². The molecule has 10 atom stereocenters. The smallest absolute Gasteiger partial charge is 0.402 e. The fourth-order valence-electron chi connectivity index (χ4n) is 9.45. The van der Waals surface area contributed by atoms with Gasteiger partial charge in [0.1, 0.15) is 12.2 Å². The highest BCUT2D eigenvalue weighted by Gasteiger charge is 2.65. The van der Waals surface area contributed by atoms with Crippen molar-refractivity contribution in [2.45, 2.75) is 102 Å². The Bertz CT molecular complexity index is 1070. The van der Waals surface area contributed by atoms with Crippen molar-refractivity contribution >= 4 is 29.0 Å². The summed E-state index contributed by atoms with van der Waals surface area (Å²) >= 11 is 0. The molecule has 0 heterocycles. The summed E-state index contributed by atoms with van der Waals surface area (Å²) in [4.78, 5) is 34.8. The molecule has 4 fully saturated rings. The second kappa shape index (κ2) is 11.5. The normalized spacial score (nSPS) is 40.1. The maximum atomic E-state index is 13.4. The van der Waals surface area contributed by atoms with Crippen LogP contribution in [-0.4, -0.2) is 56.0 Å². The molecule has 0 aromatic heterocycles. The van der Waals surface area contributed by atoms with Crippen molar-refractivity contribution in [3.63, 3.8) is 0 Å². The minimum atomic E-state index is -5.68. The molecule has 0 radical (unpaired) electrons. The van der Waals surface area contributed by atoms with Crippen molar-refractivity contribution < 1.29 is 50.3 Å². The lowest BCUT2D eigenvalue weighted by molar-refractivity contribution is -0.190. The van der Waals surface area contributed by atoms with Crippen LogP contribution in [-0.2, 0) is 38.7 Å². The molecule has 0 bridgehead atoms. The number of hydrogen-bond donors (Lipinski definition) is 1. The summed E-state index contributed by atoms with van der Waals surface area (Å²) in [6, 6.07) is 0. The lowest BCUT2D eigenvalue weighted by Gasteiger charge is -2.62. The number of halogens is 2. The first kappa shape index (κ1) is 31.1. The number of ether oxygens (including phenoxy) is 3. The lowest BCUT2D eigenvalue weighted by Crippen LogP contribution is -2.59. The summed E-state index contributed by atoms with van der Waals surface area (Å²) in [7, 11) is -5.68. The SMILES string of the molecule is C[C@H](CCC(=O)OCC(F)(F)S(=O)(=O)O)[C@H]1CC[C@H]2[C@@H]3CCC4C[C@H](OC=O)CC[C@]4(C)[C@H]3C[C@H](OC=O)[C@]12C. The van der Waals surface area contributed by atoms with Gasteiger partial charge in [-0.3, -0.25) is 18.9 Å². The van der Waals surface area contributed by atoms with Crippen LogP contribution in [0.5, 0.6) is 0 Å². The molecule has 4 aliphatic rings. The predicted molar refractivity (Wildman–Crippen MR) is 138 cm³/mol. The number of esters is 1. The molecule has 0 aromatic rings. The summed E-state index contributed by atoms with van der Waals surface area (Å²) in [6.45, 7) is 5.92. The molecule has 0 saturated heterocycles. The van der Waals surface area contributed by atoms with E-state index in [1.165, 1.54) is 0 Å². The van der Waals surface area contributed by atoms with E-state index in [1.54, 1.807) is 0 Å². The Hall–Kier alpha value is -1.82. The summed E-state index contributed by atoms with van der Waals surface area (Å²) in [5.74, 6) is 0.833. The van der Waals surface area contributed by atoms with Crippen LogP contribution < -0.4 is 0 Å². The molecule has 40 heavy (non-hydrogen) atoms. The second-order valence-corrected chi connectivity index (χ2v) is 14.6. The molecule has 4 saturated carbocycles. The van der Waals surface area contributed by atoms with E-state index in [9.17, 15) is 31.6 Å². The number of carbonyl (C=O) groups is 3. The molecule has 1 unspecified atom stereocenters. The van der Waals surface area contributed by atoms with E-state index in [0.29, 0.717) is 43.0 Å². The van der Waals surface area contributed by atoms with Crippen molar-refractivity contribution in [2.75, 3.05) is 6.61 Å². The van der Waals surface area contributed by atoms with Gasteiger partial charge in [-0.25, -0.2) is 0 Å². The average Bonchev–Trinajstić information content (AvgIpc) is 3.25. The van der Waals surface area contributed by atoms with Gasteiger partial charge in [0.15, 0.2) is 6.61 Å². The van der Waals surface area contributed by atoms with Crippen LogP contribution in [0.25, 0.3) is 0 Å². The van der Waals surface area contributed by atoms with Gasteiger partial charge in [-0.05, 0) is 98.7 Å². The first-order valence-electron chi connectivity index (χ1n) is 14.4. The zero-order chi connectivity index (χ0) is 29.5. The highest BCUT2D eigenvalue weighted by Crippen LogP contribution is 2.69. The van der Waals surface area contributed by atoms with Gasteiger partial charge >= 0.3 is 21.3 Å². The van der Waals surface area contributed by atoms with Crippen LogP contribution in [0, 0.1) is 46.3 Å². The number of carbonyl (C=O) groups excluding carboxylic acids is 3. The zero-order valence-electron chi connectivity index (χ0n) is 23.4. The van der Waals surface area contributed by atoms with Crippen LogP contribution in [0.4, 0.5) is 8.78 Å². The van der Waals surface area contributed by atoms with Crippen molar-refractivity contribution in [3.8, 4) is 0 Å². The van der Waals surface area contributed by atoms with Gasteiger partial charge in [-0.15, -0.1) is 0 Å². The van der Waals surface area contributed by atoms with E-state index in [-0.39, 0.29) is 41.3 Å². The Morgan fingerprint density at radius 1 is 1.05 bits per heavy atom. The first-order valence-corrected chi connectivity index (χ1v) is 15.8. The third-order valence-corrected chi connectivity index (χ3v) is 12.4. The van der Waals surface area contributed by atoms with Crippen LogP contribution >= 0.6 is 0 Å². The van der Waals surface area contributed by atoms with Gasteiger partial charge in [0.25, 0.3) is 12.9 Å². The number of rotatable bonds is 11. The molecule has 9 nitrogen and oxygen atoms in total. The standard InChI is InChI=1S/C28H42F2O9S/c1-17(4-9-25(33)37-14-28(29,30)40(34,35)36)21-7-8-22-20-6-5-18-12-19(38-15-31)10-11-26(18,2)23(20)13-24(39-16-32)27(21,22)3/h15-24H,4-14H2,1-3H3,(H,34,35,36)/t17-,18?,19-,20+,21-,22+,23+,24+,26+,27-/m1/s1. The highest BCUT2D eigenvalue weighted by atomic mass is 32.2. The Labute approximate surface area is 234 Å². The Morgan fingerprint density at radius 3 is 2.40 bits per heavy atom. The van der Waals surface area contributed by atoms with Crippen LogP contribution in [0.3, 0.4) is 0 Å². The first-order chi connectivity index (χ1) is 18.7. The van der Waals surface area contributed by atoms with Gasteiger partial charge < -0.3 is 14.2 Å². The van der Waals surface area contributed by atoms with E-state index in [4.69, 9.17) is 14.0 Å². The zero-order valence-corrected chi connectivity index (χ0v) is 24.2. The molecule has 0 amide bonds. The van der Waals surface area contributed by atoms with E-state index >= 15 is 0 Å². The highest BCUT2D eigenvalue weighted by molar-refractivity contribution is 7.86. The van der Waals surface area contributed by atoms with Crippen molar-refractivity contribution in [2.24, 2.45) is 46.3 Å². The molecule has 228 valence electrons. The Morgan fingerprint density at radius 2 is 1.75 bits per heavy atom. The van der Waals surface area contributed by atoms with Gasteiger partial charge in [0.05, 0.1) is 0 Å². The van der Waals surface area contributed by atoms with Crippen molar-refractivity contribution in [1.29, 1.82) is 0 Å². The van der Waals surface area contributed by atoms with E-state index in [2.05, 4.69) is 18.6 Å². The summed E-state index contributed by atoms with van der Waals surface area (Å²) in [5, 5.41) is -4.56. The van der Waals surface area contributed by atoms with Crippen LogP contribution in [0.15, 0.2) is 0 Å². The van der Waals surface area contributed by atoms with E-state index in [0.717, 1.165) is 51.4 Å². The molecular formula is C28H42F2O9S. The van der Waals surface area contributed by atoms with Gasteiger partial charge in [0.2, 0.25) is 0 Å². The average molecular weight is 593 g/mol. The quantitative estimate of drug-likeness (QED) is 0.156. The molecule has 4 aliphatic carbocycles. The maximum absolute atomic E-state index is 13.4. The summed E-state index contributed by atoms with van der Waals surface area (Å²) in [5.41, 5.74) is -0.223. The fraction of sp³-hybridized carbons (Fsp3) is 0.893. The largest absolute Gasteiger partial charge is 0.465 e. The molecule has 4 rings (SSSR count). The minimum Gasteiger partial charge on any atom is -0.465 e. The second-order valence-electron chi connectivity index (χ2n) is 13.1. The predicted octanol–water partition coefficient (Wildman–Crippen LogP) is 4.78. The lowest BCUT2D eigenvalue weighted by atomic mass is 9.43. The van der Waals surface area contributed by atoms with Crippen molar-refractivity contribution in [1.82, 2.24) is 0 Å². The molecule has 0 aromatic carbocycles. The van der Waals surface area contributed by atoms with Gasteiger partial charge in [0, 0.05) is 11.8 Å². The minimum absolute atomic E-state index is 0.00166. The number of fused-ring (bicyclic) bond motifs is 5. The van der Waals surface area contributed by atoms with Gasteiger partial charge in [-0.1, -0.05) is 20.8 Å². The number of hydrogen-bond acceptors (Lipinski definition) is 8. The Kier molecular flexibility index (Phi) is 8.91. The third-order valence-electron chi connectivity index (χ3n) is 11.5. The molecular weight excluding hydrogens is 550 g/mol. The van der Waals surface area contributed by atoms with Crippen molar-refractivity contribution in [3.05, 3.63) is 0 Å². The summed E-state index contributed by atoms with van der Waals surface area (Å²) < 4.78 is 72.6. The van der Waals surface area contributed by atoms with Gasteiger partial charge in [-0.2, -0.15) is 17.2 Å². The molecule has 1 N–H and O–H groups in total. The van der Waals surface area contributed by atoms with Crippen LogP contribution in [0.1, 0.15) is 85.0 Å². The maximum Gasteiger partial charge on any atom is 0.402 e. The third kappa shape index (κ3) is 5.51. The van der Waals surface area contributed by atoms with E-state index < -0.39 is 27.9 Å². The van der Waals surface area contributed by atoms with Crippen LogP contribution in [0.2, 0.25) is 0 Å². The fourth-order valence-corrected chi connectivity index (χ4v) is 9.65. The molecule has 12 heteroatoms. The molecule has 0 spiro atoms. The number of alkyl halides is 2. The monoisotopic (exact) mass is 592 g/mol. The van der Waals surface area contributed by atoms with E-state index in [1.807, 2.05) is 6.92 Å². The molecule has 0 aliphatic heterocycles. The summed E-state index contributed by atoms with van der Waals surface area (Å²) in [6.07, 6.45) is 7.31.